The number of carbonyl (C=O) groups is 1. The number of alkyl halides is 3. The lowest BCUT2D eigenvalue weighted by atomic mass is 10.1. The molecule has 0 aliphatic heterocycles. The number of carbonyl (C=O) groups excluding carboxylic acids is 1. The van der Waals surface area contributed by atoms with Crippen LogP contribution in [0.25, 0.3) is 0 Å². The molecule has 2 atom stereocenters. The maximum absolute atomic E-state index is 13.2. The fourth-order valence-corrected chi connectivity index (χ4v) is 2.64. The Balaban J connectivity index is 3.15. The van der Waals surface area contributed by atoms with Crippen molar-refractivity contribution < 1.29 is 27.3 Å². The number of anilines is 1. The Morgan fingerprint density at radius 3 is 2.19 bits per heavy atom. The molecule has 1 amide bonds. The Morgan fingerprint density at radius 2 is 1.74 bits per heavy atom. The topological polar surface area (TPSA) is 86.3 Å². The summed E-state index contributed by atoms with van der Waals surface area (Å²) in [5, 5.41) is 2.21. The van der Waals surface area contributed by atoms with E-state index in [4.69, 9.17) is 4.74 Å². The second-order valence-electron chi connectivity index (χ2n) is 8.02. The van der Waals surface area contributed by atoms with Crippen LogP contribution >= 0.6 is 0 Å². The molecule has 6 nitrogen and oxygen atoms in total. The van der Waals surface area contributed by atoms with Gasteiger partial charge in [0.25, 0.3) is 0 Å². The quantitative estimate of drug-likeness (QED) is 0.712. The van der Waals surface area contributed by atoms with Crippen LogP contribution in [0.15, 0.2) is 12.1 Å². The Labute approximate surface area is 160 Å². The first-order valence-corrected chi connectivity index (χ1v) is 9.41. The summed E-state index contributed by atoms with van der Waals surface area (Å²) in [6.45, 7) is 11.7. The van der Waals surface area contributed by atoms with Crippen molar-refractivity contribution in [2.75, 3.05) is 5.32 Å². The molecule has 0 aliphatic carbocycles. The summed E-state index contributed by atoms with van der Waals surface area (Å²) < 4.78 is 59.0. The molecule has 0 aliphatic rings. The summed E-state index contributed by atoms with van der Waals surface area (Å²) in [6, 6.07) is 1.47. The maximum Gasteiger partial charge on any atom is 0.433 e. The number of hydrogen-bond acceptors (Lipinski definition) is 5. The van der Waals surface area contributed by atoms with Gasteiger partial charge in [0.05, 0.1) is 6.04 Å². The number of ether oxygens (including phenoxy) is 1. The van der Waals surface area contributed by atoms with Crippen molar-refractivity contribution in [1.29, 1.82) is 0 Å². The molecule has 10 heteroatoms. The SMILES string of the molecule is C[C@@H](N[S@+]([O-])C(C)(C)C)c1cc(NC(=O)OC(C)(C)C)nc(C(F)(F)F)c1. The summed E-state index contributed by atoms with van der Waals surface area (Å²) in [7, 11) is 0. The largest absolute Gasteiger partial charge is 0.598 e. The lowest BCUT2D eigenvalue weighted by Crippen LogP contribution is -2.40. The first-order chi connectivity index (χ1) is 12.0. The van der Waals surface area contributed by atoms with Crippen molar-refractivity contribution in [3.05, 3.63) is 23.4 Å². The van der Waals surface area contributed by atoms with Crippen LogP contribution in [-0.2, 0) is 22.3 Å². The number of pyridine rings is 1. The van der Waals surface area contributed by atoms with E-state index in [0.717, 1.165) is 6.07 Å². The predicted molar refractivity (Wildman–Crippen MR) is 98.5 cm³/mol. The summed E-state index contributed by atoms with van der Waals surface area (Å²) in [4.78, 5) is 15.3. The van der Waals surface area contributed by atoms with Gasteiger partial charge in [0.1, 0.15) is 21.9 Å². The summed E-state index contributed by atoms with van der Waals surface area (Å²) in [6.07, 6.45) is -5.62. The van der Waals surface area contributed by atoms with Crippen molar-refractivity contribution >= 4 is 23.3 Å². The standard InChI is InChI=1S/C17H26F3N3O3S/c1-10(23-27(25)16(5,6)7)11-8-12(17(18,19)20)21-13(9-11)22-14(24)26-15(2,3)4/h8-10,23H,1-7H3,(H,21,22,24)/t10-,27-/m1/s1. The lowest BCUT2D eigenvalue weighted by molar-refractivity contribution is -0.141. The van der Waals surface area contributed by atoms with Crippen LogP contribution in [0.4, 0.5) is 23.8 Å². The zero-order valence-corrected chi connectivity index (χ0v) is 17.3. The molecular weight excluding hydrogens is 383 g/mol. The van der Waals surface area contributed by atoms with E-state index in [0.29, 0.717) is 0 Å². The third-order valence-corrected chi connectivity index (χ3v) is 4.79. The highest BCUT2D eigenvalue weighted by Gasteiger charge is 2.35. The molecule has 0 aromatic carbocycles. The predicted octanol–water partition coefficient (Wildman–Crippen LogP) is 4.56. The molecule has 0 saturated carbocycles. The molecule has 0 spiro atoms. The maximum atomic E-state index is 13.2. The van der Waals surface area contributed by atoms with Gasteiger partial charge < -0.3 is 9.29 Å². The molecular formula is C17H26F3N3O3S. The van der Waals surface area contributed by atoms with Crippen molar-refractivity contribution in [3.8, 4) is 0 Å². The molecule has 0 bridgehead atoms. The average molecular weight is 409 g/mol. The highest BCUT2D eigenvalue weighted by Crippen LogP contribution is 2.31. The Hall–Kier alpha value is -1.52. The Morgan fingerprint density at radius 1 is 1.19 bits per heavy atom. The molecule has 1 heterocycles. The molecule has 0 radical (unpaired) electrons. The minimum atomic E-state index is -4.71. The molecule has 0 saturated heterocycles. The van der Waals surface area contributed by atoms with Crippen molar-refractivity contribution in [3.63, 3.8) is 0 Å². The smallest absolute Gasteiger partial charge is 0.433 e. The zero-order chi connectivity index (χ0) is 21.2. The van der Waals surface area contributed by atoms with E-state index in [2.05, 4.69) is 15.0 Å². The molecule has 27 heavy (non-hydrogen) atoms. The van der Waals surface area contributed by atoms with Crippen LogP contribution in [0.2, 0.25) is 0 Å². The third kappa shape index (κ3) is 7.94. The van der Waals surface area contributed by atoms with Gasteiger partial charge >= 0.3 is 12.3 Å². The van der Waals surface area contributed by atoms with E-state index in [1.54, 1.807) is 48.5 Å². The van der Waals surface area contributed by atoms with E-state index in [1.165, 1.54) is 6.07 Å². The summed E-state index contributed by atoms with van der Waals surface area (Å²) in [5.41, 5.74) is -1.80. The second kappa shape index (κ2) is 8.24. The minimum absolute atomic E-state index is 0.181. The monoisotopic (exact) mass is 409 g/mol. The summed E-state index contributed by atoms with van der Waals surface area (Å²) in [5.74, 6) is -0.302. The van der Waals surface area contributed by atoms with Crippen LogP contribution < -0.4 is 10.0 Å². The fraction of sp³-hybridized carbons (Fsp3) is 0.647. The molecule has 1 rings (SSSR count). The first kappa shape index (κ1) is 23.5. The van der Waals surface area contributed by atoms with Gasteiger partial charge in [-0.05, 0) is 66.2 Å². The molecule has 1 aromatic rings. The van der Waals surface area contributed by atoms with Crippen LogP contribution in [0.1, 0.15) is 65.8 Å². The second-order valence-corrected chi connectivity index (χ2v) is 10.0. The summed E-state index contributed by atoms with van der Waals surface area (Å²) >= 11 is -1.49. The normalized spacial score (nSPS) is 15.2. The molecule has 0 fully saturated rings. The first-order valence-electron chi connectivity index (χ1n) is 8.26. The number of hydrogen-bond donors (Lipinski definition) is 2. The van der Waals surface area contributed by atoms with Gasteiger partial charge in [-0.3, -0.25) is 5.32 Å². The van der Waals surface area contributed by atoms with Gasteiger partial charge in [0.2, 0.25) is 0 Å². The van der Waals surface area contributed by atoms with Crippen LogP contribution in [0.3, 0.4) is 0 Å². The van der Waals surface area contributed by atoms with Crippen LogP contribution in [0, 0.1) is 0 Å². The Kier molecular flexibility index (Phi) is 7.17. The minimum Gasteiger partial charge on any atom is -0.598 e. The van der Waals surface area contributed by atoms with E-state index >= 15 is 0 Å². The fourth-order valence-electron chi connectivity index (χ4n) is 1.82. The molecule has 154 valence electrons. The van der Waals surface area contributed by atoms with Gasteiger partial charge in [0, 0.05) is 11.4 Å². The van der Waals surface area contributed by atoms with E-state index < -0.39 is 45.7 Å². The highest BCUT2D eigenvalue weighted by molar-refractivity contribution is 7.90. The molecule has 2 N–H and O–H groups in total. The van der Waals surface area contributed by atoms with Crippen molar-refractivity contribution in [2.45, 2.75) is 71.0 Å². The zero-order valence-electron chi connectivity index (χ0n) is 16.4. The highest BCUT2D eigenvalue weighted by atomic mass is 32.2. The van der Waals surface area contributed by atoms with Gasteiger partial charge in [-0.25, -0.2) is 9.78 Å². The van der Waals surface area contributed by atoms with Gasteiger partial charge in [-0.15, -0.1) is 4.72 Å². The Bertz CT molecular complexity index is 670. The van der Waals surface area contributed by atoms with Gasteiger partial charge in [-0.1, -0.05) is 0 Å². The van der Waals surface area contributed by atoms with Crippen LogP contribution in [0.5, 0.6) is 0 Å². The molecule has 0 unspecified atom stereocenters. The van der Waals surface area contributed by atoms with Crippen molar-refractivity contribution in [2.24, 2.45) is 0 Å². The van der Waals surface area contributed by atoms with Gasteiger partial charge in [-0.2, -0.15) is 13.2 Å². The van der Waals surface area contributed by atoms with Crippen LogP contribution in [-0.4, -0.2) is 26.0 Å². The third-order valence-electron chi connectivity index (χ3n) is 3.11. The average Bonchev–Trinajstić information content (AvgIpc) is 2.42. The van der Waals surface area contributed by atoms with Gasteiger partial charge in [0.15, 0.2) is 0 Å². The number of rotatable bonds is 4. The number of aromatic nitrogens is 1. The number of amides is 1. The number of nitrogens with one attached hydrogen (secondary N) is 2. The van der Waals surface area contributed by atoms with E-state index in [9.17, 15) is 22.5 Å². The van der Waals surface area contributed by atoms with E-state index in [-0.39, 0.29) is 11.4 Å². The number of halogens is 3. The van der Waals surface area contributed by atoms with Crippen molar-refractivity contribution in [1.82, 2.24) is 9.71 Å². The lowest BCUT2D eigenvalue weighted by Gasteiger charge is -2.27. The van der Waals surface area contributed by atoms with E-state index in [1.807, 2.05) is 0 Å². The molecule has 1 aromatic heterocycles. The number of nitrogens with zero attached hydrogens (tertiary/aromatic N) is 1.